The van der Waals surface area contributed by atoms with Gasteiger partial charge in [0, 0.05) is 32.4 Å². The summed E-state index contributed by atoms with van der Waals surface area (Å²) in [6.07, 6.45) is -3.83. The standard InChI is InChI=1S/C16H13Cl3F3N3O2S/c17-12-2-1-11(8-13(12)18)28(26,27)25-5-3-24(4-6-25)15-14(19)7-10(9-23-15)16(20,21)22/h1-2,7-9H,3-6H2. The summed E-state index contributed by atoms with van der Waals surface area (Å²) in [6, 6.07) is 4.85. The van der Waals surface area contributed by atoms with Gasteiger partial charge in [0.1, 0.15) is 5.82 Å². The van der Waals surface area contributed by atoms with E-state index in [1.165, 1.54) is 22.5 Å². The number of benzene rings is 1. The van der Waals surface area contributed by atoms with Gasteiger partial charge < -0.3 is 4.90 Å². The number of anilines is 1. The van der Waals surface area contributed by atoms with E-state index in [-0.39, 0.29) is 52.0 Å². The molecule has 0 bridgehead atoms. The lowest BCUT2D eigenvalue weighted by Crippen LogP contribution is -2.49. The van der Waals surface area contributed by atoms with Crippen LogP contribution in [0.4, 0.5) is 19.0 Å². The van der Waals surface area contributed by atoms with Crippen LogP contribution in [-0.2, 0) is 16.2 Å². The number of piperazine rings is 1. The third-order valence-electron chi connectivity index (χ3n) is 4.22. The van der Waals surface area contributed by atoms with Gasteiger partial charge in [0.05, 0.1) is 25.5 Å². The van der Waals surface area contributed by atoms with Crippen LogP contribution in [0.2, 0.25) is 15.1 Å². The Morgan fingerprint density at radius 3 is 2.11 bits per heavy atom. The molecule has 1 aromatic carbocycles. The fourth-order valence-electron chi connectivity index (χ4n) is 2.75. The summed E-state index contributed by atoms with van der Waals surface area (Å²) < 4.78 is 65.0. The lowest BCUT2D eigenvalue weighted by atomic mass is 10.2. The van der Waals surface area contributed by atoms with Crippen molar-refractivity contribution in [1.82, 2.24) is 9.29 Å². The molecule has 1 aliphatic rings. The van der Waals surface area contributed by atoms with Crippen molar-refractivity contribution in [3.05, 3.63) is 51.1 Å². The number of halogens is 6. The third-order valence-corrected chi connectivity index (χ3v) is 7.13. The van der Waals surface area contributed by atoms with Gasteiger partial charge in [0.2, 0.25) is 10.0 Å². The Labute approximate surface area is 174 Å². The summed E-state index contributed by atoms with van der Waals surface area (Å²) >= 11 is 17.7. The second kappa shape index (κ2) is 7.87. The van der Waals surface area contributed by atoms with Crippen molar-refractivity contribution in [2.45, 2.75) is 11.1 Å². The summed E-state index contributed by atoms with van der Waals surface area (Å²) in [5.41, 5.74) is -0.943. The zero-order valence-electron chi connectivity index (χ0n) is 14.0. The molecule has 0 aliphatic carbocycles. The average Bonchev–Trinajstić information content (AvgIpc) is 2.63. The number of aromatic nitrogens is 1. The van der Waals surface area contributed by atoms with E-state index < -0.39 is 21.8 Å². The fraction of sp³-hybridized carbons (Fsp3) is 0.312. The molecule has 0 saturated carbocycles. The molecule has 2 heterocycles. The lowest BCUT2D eigenvalue weighted by molar-refractivity contribution is -0.137. The first-order valence-electron chi connectivity index (χ1n) is 7.93. The molecule has 0 amide bonds. The SMILES string of the molecule is O=S(=O)(c1ccc(Cl)c(Cl)c1)N1CCN(c2ncc(C(F)(F)F)cc2Cl)CC1. The van der Waals surface area contributed by atoms with Crippen molar-refractivity contribution >= 4 is 50.6 Å². The molecular weight excluding hydrogens is 462 g/mol. The van der Waals surface area contributed by atoms with E-state index in [0.717, 1.165) is 6.07 Å². The van der Waals surface area contributed by atoms with Crippen molar-refractivity contribution in [2.24, 2.45) is 0 Å². The summed E-state index contributed by atoms with van der Waals surface area (Å²) in [7, 11) is -3.78. The quantitative estimate of drug-likeness (QED) is 0.654. The highest BCUT2D eigenvalue weighted by Crippen LogP contribution is 2.34. The van der Waals surface area contributed by atoms with E-state index in [9.17, 15) is 21.6 Å². The summed E-state index contributed by atoms with van der Waals surface area (Å²) in [4.78, 5) is 5.47. The van der Waals surface area contributed by atoms with Crippen molar-refractivity contribution in [3.63, 3.8) is 0 Å². The molecule has 12 heteroatoms. The van der Waals surface area contributed by atoms with Gasteiger partial charge in [-0.2, -0.15) is 17.5 Å². The molecule has 0 spiro atoms. The minimum Gasteiger partial charge on any atom is -0.353 e. The maximum Gasteiger partial charge on any atom is 0.417 e. The average molecular weight is 475 g/mol. The monoisotopic (exact) mass is 473 g/mol. The predicted octanol–water partition coefficient (Wildman–Crippen LogP) is 4.57. The van der Waals surface area contributed by atoms with Crippen LogP contribution in [0.3, 0.4) is 0 Å². The predicted molar refractivity (Wildman–Crippen MR) is 102 cm³/mol. The minimum atomic E-state index is -4.54. The normalized spacial score (nSPS) is 16.4. The Hall–Kier alpha value is -1.26. The maximum absolute atomic E-state index is 12.8. The first kappa shape index (κ1) is 21.4. The van der Waals surface area contributed by atoms with Gasteiger partial charge >= 0.3 is 6.18 Å². The number of hydrogen-bond donors (Lipinski definition) is 0. The lowest BCUT2D eigenvalue weighted by Gasteiger charge is -2.35. The Morgan fingerprint density at radius 2 is 1.57 bits per heavy atom. The molecule has 28 heavy (non-hydrogen) atoms. The molecule has 0 unspecified atom stereocenters. The zero-order valence-corrected chi connectivity index (χ0v) is 17.1. The molecule has 1 saturated heterocycles. The number of pyridine rings is 1. The molecule has 3 rings (SSSR count). The molecule has 2 aromatic rings. The molecule has 1 aromatic heterocycles. The highest BCUT2D eigenvalue weighted by molar-refractivity contribution is 7.89. The van der Waals surface area contributed by atoms with Crippen LogP contribution in [-0.4, -0.2) is 43.9 Å². The Bertz CT molecular complexity index is 994. The van der Waals surface area contributed by atoms with Crippen LogP contribution < -0.4 is 4.90 Å². The van der Waals surface area contributed by atoms with E-state index in [0.29, 0.717) is 6.20 Å². The number of sulfonamides is 1. The second-order valence-corrected chi connectivity index (χ2v) is 9.15. The smallest absolute Gasteiger partial charge is 0.353 e. The van der Waals surface area contributed by atoms with Gasteiger partial charge in [-0.05, 0) is 24.3 Å². The third kappa shape index (κ3) is 4.33. The van der Waals surface area contributed by atoms with Gasteiger partial charge in [-0.15, -0.1) is 0 Å². The van der Waals surface area contributed by atoms with Crippen molar-refractivity contribution in [1.29, 1.82) is 0 Å². The van der Waals surface area contributed by atoms with Crippen LogP contribution in [0.5, 0.6) is 0 Å². The zero-order chi connectivity index (χ0) is 20.7. The highest BCUT2D eigenvalue weighted by atomic mass is 35.5. The van der Waals surface area contributed by atoms with Crippen LogP contribution in [0, 0.1) is 0 Å². The first-order chi connectivity index (χ1) is 13.0. The van der Waals surface area contributed by atoms with Gasteiger partial charge in [-0.1, -0.05) is 34.8 Å². The van der Waals surface area contributed by atoms with E-state index in [4.69, 9.17) is 34.8 Å². The van der Waals surface area contributed by atoms with Gasteiger partial charge in [-0.3, -0.25) is 0 Å². The van der Waals surface area contributed by atoms with Crippen LogP contribution >= 0.6 is 34.8 Å². The fourth-order valence-corrected chi connectivity index (χ4v) is 4.84. The van der Waals surface area contributed by atoms with Crippen LogP contribution in [0.25, 0.3) is 0 Å². The molecule has 1 aliphatic heterocycles. The molecular formula is C16H13Cl3F3N3O2S. The highest BCUT2D eigenvalue weighted by Gasteiger charge is 2.33. The van der Waals surface area contributed by atoms with Crippen molar-refractivity contribution in [3.8, 4) is 0 Å². The van der Waals surface area contributed by atoms with E-state index >= 15 is 0 Å². The van der Waals surface area contributed by atoms with E-state index in [1.54, 1.807) is 4.90 Å². The van der Waals surface area contributed by atoms with Crippen LogP contribution in [0.15, 0.2) is 35.4 Å². The Balaban J connectivity index is 1.74. The van der Waals surface area contributed by atoms with Gasteiger partial charge in [0.15, 0.2) is 0 Å². The Kier molecular flexibility index (Phi) is 6.03. The molecule has 0 N–H and O–H groups in total. The molecule has 1 fully saturated rings. The topological polar surface area (TPSA) is 53.5 Å². The first-order valence-corrected chi connectivity index (χ1v) is 10.5. The van der Waals surface area contributed by atoms with Crippen molar-refractivity contribution < 1.29 is 21.6 Å². The van der Waals surface area contributed by atoms with E-state index in [2.05, 4.69) is 4.98 Å². The van der Waals surface area contributed by atoms with Crippen LogP contribution in [0.1, 0.15) is 5.56 Å². The largest absolute Gasteiger partial charge is 0.417 e. The second-order valence-electron chi connectivity index (χ2n) is 5.99. The summed E-state index contributed by atoms with van der Waals surface area (Å²) in [5, 5.41) is 0.228. The number of rotatable bonds is 3. The molecule has 0 radical (unpaired) electrons. The maximum atomic E-state index is 12.8. The number of alkyl halides is 3. The van der Waals surface area contributed by atoms with Gasteiger partial charge in [-0.25, -0.2) is 13.4 Å². The molecule has 0 atom stereocenters. The minimum absolute atomic E-state index is 0.0148. The summed E-state index contributed by atoms with van der Waals surface area (Å²) in [5.74, 6) is 0.182. The number of hydrogen-bond acceptors (Lipinski definition) is 4. The number of nitrogens with zero attached hydrogens (tertiary/aromatic N) is 3. The summed E-state index contributed by atoms with van der Waals surface area (Å²) in [6.45, 7) is 0.667. The van der Waals surface area contributed by atoms with Crippen molar-refractivity contribution in [2.75, 3.05) is 31.1 Å². The van der Waals surface area contributed by atoms with Gasteiger partial charge in [0.25, 0.3) is 0 Å². The Morgan fingerprint density at radius 1 is 0.929 bits per heavy atom. The molecule has 5 nitrogen and oxygen atoms in total. The van der Waals surface area contributed by atoms with E-state index in [1.807, 2.05) is 0 Å². The molecule has 152 valence electrons.